The normalized spacial score (nSPS) is 17.6. The summed E-state index contributed by atoms with van der Waals surface area (Å²) >= 11 is 1.14. The van der Waals surface area contributed by atoms with Crippen LogP contribution in [0.4, 0.5) is 4.79 Å². The molecule has 2 fully saturated rings. The van der Waals surface area contributed by atoms with Gasteiger partial charge in [0.05, 0.1) is 13.2 Å². The lowest BCUT2D eigenvalue weighted by molar-refractivity contribution is 0.0702. The van der Waals surface area contributed by atoms with E-state index in [4.69, 9.17) is 9.84 Å². The third-order valence-electron chi connectivity index (χ3n) is 5.69. The Morgan fingerprint density at radius 1 is 1.03 bits per heavy atom. The number of amides is 1. The smallest absolute Gasteiger partial charge is 0.407 e. The Labute approximate surface area is 184 Å². The van der Waals surface area contributed by atoms with Crippen LogP contribution in [0.2, 0.25) is 0 Å². The lowest BCUT2D eigenvalue weighted by Gasteiger charge is -2.30. The fourth-order valence-electron chi connectivity index (χ4n) is 3.98. The van der Waals surface area contributed by atoms with Crippen molar-refractivity contribution < 1.29 is 19.4 Å². The van der Waals surface area contributed by atoms with Gasteiger partial charge < -0.3 is 20.5 Å². The first kappa shape index (κ1) is 24.7. The molecule has 1 aromatic heterocycles. The highest BCUT2D eigenvalue weighted by Crippen LogP contribution is 2.22. The third-order valence-corrected chi connectivity index (χ3v) is 6.77. The van der Waals surface area contributed by atoms with Crippen LogP contribution < -0.4 is 10.6 Å². The van der Waals surface area contributed by atoms with Crippen LogP contribution in [0, 0.1) is 0 Å². The number of carbonyl (C=O) groups excluding carboxylic acids is 1. The second kappa shape index (κ2) is 14.4. The molecule has 1 amide bonds. The third kappa shape index (κ3) is 9.94. The Morgan fingerprint density at radius 3 is 2.13 bits per heavy atom. The lowest BCUT2D eigenvalue weighted by atomic mass is 9.91. The number of hydrogen-bond acceptors (Lipinski definition) is 5. The van der Waals surface area contributed by atoms with E-state index in [-0.39, 0.29) is 4.88 Å². The molecule has 0 unspecified atom stereocenters. The molecule has 0 aliphatic heterocycles. The number of aromatic carboxylic acids is 1. The molecule has 3 rings (SSSR count). The molecule has 6 nitrogen and oxygen atoms in total. The van der Waals surface area contributed by atoms with E-state index in [2.05, 4.69) is 10.6 Å². The maximum atomic E-state index is 11.2. The van der Waals surface area contributed by atoms with Crippen LogP contribution in [0.1, 0.15) is 98.5 Å². The SMILES string of the molecule is C1CCC(NC2CCCCC2)CC1.CCCCOC(=O)NCc1ccc(C(=O)O)s1. The monoisotopic (exact) mass is 438 g/mol. The summed E-state index contributed by atoms with van der Waals surface area (Å²) in [4.78, 5) is 22.9. The molecule has 1 heterocycles. The summed E-state index contributed by atoms with van der Waals surface area (Å²) in [6, 6.07) is 4.95. The van der Waals surface area contributed by atoms with Gasteiger partial charge in [-0.3, -0.25) is 0 Å². The van der Waals surface area contributed by atoms with Crippen molar-refractivity contribution in [3.8, 4) is 0 Å². The molecule has 2 saturated carbocycles. The number of hydrogen-bond donors (Lipinski definition) is 3. The van der Waals surface area contributed by atoms with Crippen molar-refractivity contribution in [3.05, 3.63) is 21.9 Å². The molecule has 0 radical (unpaired) electrons. The number of thiophene rings is 1. The number of rotatable bonds is 8. The van der Waals surface area contributed by atoms with Crippen molar-refractivity contribution in [1.29, 1.82) is 0 Å². The van der Waals surface area contributed by atoms with E-state index in [1.165, 1.54) is 70.3 Å². The van der Waals surface area contributed by atoms with Gasteiger partial charge in [0.25, 0.3) is 0 Å². The van der Waals surface area contributed by atoms with Gasteiger partial charge in [-0.1, -0.05) is 51.9 Å². The van der Waals surface area contributed by atoms with Crippen LogP contribution >= 0.6 is 11.3 Å². The summed E-state index contributed by atoms with van der Waals surface area (Å²) in [7, 11) is 0. The Bertz CT molecular complexity index is 606. The standard InChI is InChI=1S/C12H23N.C11H15NO4S/c1-3-7-11(8-4-1)13-12-9-5-2-6-10-12;1-2-3-6-16-11(15)12-7-8-4-5-9(17-8)10(13)14/h11-13H,1-10H2;4-5H,2-3,6-7H2,1H3,(H,12,15)(H,13,14). The Morgan fingerprint density at radius 2 is 1.63 bits per heavy atom. The van der Waals surface area contributed by atoms with Crippen molar-refractivity contribution >= 4 is 23.4 Å². The van der Waals surface area contributed by atoms with Crippen molar-refractivity contribution in [1.82, 2.24) is 10.6 Å². The fraction of sp³-hybridized carbons (Fsp3) is 0.739. The van der Waals surface area contributed by atoms with Gasteiger partial charge in [0.15, 0.2) is 0 Å². The van der Waals surface area contributed by atoms with Gasteiger partial charge >= 0.3 is 12.1 Å². The first-order valence-electron chi connectivity index (χ1n) is 11.6. The molecule has 2 aliphatic rings. The Kier molecular flexibility index (Phi) is 11.9. The number of unbranched alkanes of at least 4 members (excludes halogenated alkanes) is 1. The van der Waals surface area contributed by atoms with Gasteiger partial charge in [-0.05, 0) is 44.2 Å². The number of ether oxygens (including phenoxy) is 1. The van der Waals surface area contributed by atoms with Gasteiger partial charge in [0.1, 0.15) is 4.88 Å². The molecular weight excluding hydrogens is 400 g/mol. The molecular formula is C23H38N2O4S. The summed E-state index contributed by atoms with van der Waals surface area (Å²) in [6.45, 7) is 2.72. The Balaban J connectivity index is 0.000000220. The Hall–Kier alpha value is -1.60. The summed E-state index contributed by atoms with van der Waals surface area (Å²) < 4.78 is 4.90. The molecule has 1 aromatic rings. The number of alkyl carbamates (subject to hydrolysis) is 1. The van der Waals surface area contributed by atoms with Gasteiger partial charge in [0.2, 0.25) is 0 Å². The van der Waals surface area contributed by atoms with Crippen LogP contribution in [-0.4, -0.2) is 35.9 Å². The topological polar surface area (TPSA) is 87.7 Å². The van der Waals surface area contributed by atoms with Crippen LogP contribution in [0.3, 0.4) is 0 Å². The summed E-state index contributed by atoms with van der Waals surface area (Å²) in [5.41, 5.74) is 0. The van der Waals surface area contributed by atoms with Crippen molar-refractivity contribution in [2.75, 3.05) is 6.61 Å². The van der Waals surface area contributed by atoms with E-state index < -0.39 is 12.1 Å². The van der Waals surface area contributed by atoms with Crippen LogP contribution in [0.25, 0.3) is 0 Å². The van der Waals surface area contributed by atoms with Crippen molar-refractivity contribution in [2.45, 2.75) is 103 Å². The molecule has 170 valence electrons. The first-order chi connectivity index (χ1) is 14.6. The van der Waals surface area contributed by atoms with E-state index in [9.17, 15) is 9.59 Å². The van der Waals surface area contributed by atoms with Crippen LogP contribution in [0.15, 0.2) is 12.1 Å². The van der Waals surface area contributed by atoms with Crippen molar-refractivity contribution in [3.63, 3.8) is 0 Å². The minimum atomic E-state index is -0.952. The average molecular weight is 439 g/mol. The first-order valence-corrected chi connectivity index (χ1v) is 12.4. The summed E-state index contributed by atoms with van der Waals surface area (Å²) in [5.74, 6) is -0.952. The predicted molar refractivity (Wildman–Crippen MR) is 121 cm³/mol. The van der Waals surface area contributed by atoms with E-state index in [0.29, 0.717) is 13.2 Å². The molecule has 7 heteroatoms. The maximum Gasteiger partial charge on any atom is 0.407 e. The second-order valence-corrected chi connectivity index (χ2v) is 9.42. The van der Waals surface area contributed by atoms with Gasteiger partial charge in [-0.25, -0.2) is 9.59 Å². The summed E-state index contributed by atoms with van der Waals surface area (Å²) in [6.07, 6.45) is 15.9. The largest absolute Gasteiger partial charge is 0.477 e. The highest BCUT2D eigenvalue weighted by Gasteiger charge is 2.19. The average Bonchev–Trinajstić information content (AvgIpc) is 3.24. The minimum Gasteiger partial charge on any atom is -0.477 e. The molecule has 2 aliphatic carbocycles. The van der Waals surface area contributed by atoms with Gasteiger partial charge in [0, 0.05) is 17.0 Å². The van der Waals surface area contributed by atoms with Gasteiger partial charge in [-0.15, -0.1) is 11.3 Å². The van der Waals surface area contributed by atoms with E-state index >= 15 is 0 Å². The van der Waals surface area contributed by atoms with E-state index in [1.807, 2.05) is 6.92 Å². The van der Waals surface area contributed by atoms with Crippen molar-refractivity contribution in [2.24, 2.45) is 0 Å². The zero-order valence-corrected chi connectivity index (χ0v) is 19.1. The highest BCUT2D eigenvalue weighted by molar-refractivity contribution is 7.13. The van der Waals surface area contributed by atoms with Crippen LogP contribution in [-0.2, 0) is 11.3 Å². The quantitative estimate of drug-likeness (QED) is 0.452. The van der Waals surface area contributed by atoms with Gasteiger partial charge in [-0.2, -0.15) is 0 Å². The van der Waals surface area contributed by atoms with E-state index in [1.54, 1.807) is 6.07 Å². The zero-order chi connectivity index (χ0) is 21.6. The predicted octanol–water partition coefficient (Wildman–Crippen LogP) is 5.71. The molecule has 3 N–H and O–H groups in total. The zero-order valence-electron chi connectivity index (χ0n) is 18.3. The fourth-order valence-corrected chi connectivity index (χ4v) is 4.77. The highest BCUT2D eigenvalue weighted by atomic mass is 32.1. The number of nitrogens with one attached hydrogen (secondary N) is 2. The molecule has 30 heavy (non-hydrogen) atoms. The lowest BCUT2D eigenvalue weighted by Crippen LogP contribution is -2.40. The molecule has 0 aromatic carbocycles. The number of carbonyl (C=O) groups is 2. The number of carboxylic acid groups (broad SMARTS) is 1. The number of carboxylic acids is 1. The molecule has 0 spiro atoms. The minimum absolute atomic E-state index is 0.265. The second-order valence-electron chi connectivity index (χ2n) is 8.25. The van der Waals surface area contributed by atoms with E-state index in [0.717, 1.165) is 41.1 Å². The molecule has 0 atom stereocenters. The summed E-state index contributed by atoms with van der Waals surface area (Å²) in [5, 5.41) is 15.1. The molecule has 0 bridgehead atoms. The van der Waals surface area contributed by atoms with Crippen LogP contribution in [0.5, 0.6) is 0 Å². The molecule has 0 saturated heterocycles. The maximum absolute atomic E-state index is 11.2.